The molecule has 5 nitrogen and oxygen atoms in total. The van der Waals surface area contributed by atoms with Crippen molar-refractivity contribution in [2.24, 2.45) is 5.92 Å². The van der Waals surface area contributed by atoms with Gasteiger partial charge in [-0.3, -0.25) is 4.57 Å². The topological polar surface area (TPSA) is 68.9 Å². The van der Waals surface area contributed by atoms with Gasteiger partial charge in [0.25, 0.3) is 0 Å². The molecule has 3 N–H and O–H groups in total. The number of rotatable bonds is 5. The van der Waals surface area contributed by atoms with E-state index in [-0.39, 0.29) is 0 Å². The van der Waals surface area contributed by atoms with Gasteiger partial charge in [0.1, 0.15) is 0 Å². The molecule has 1 heterocycles. The second kappa shape index (κ2) is 5.11. The van der Waals surface area contributed by atoms with E-state index in [0.29, 0.717) is 29.8 Å². The van der Waals surface area contributed by atoms with Crippen molar-refractivity contribution in [1.82, 2.24) is 14.8 Å². The van der Waals surface area contributed by atoms with E-state index in [0.717, 1.165) is 6.61 Å². The Morgan fingerprint density at radius 2 is 2.36 bits per heavy atom. The largest absolute Gasteiger partial charge is 0.379 e. The Balaban J connectivity index is 2.35. The third-order valence-electron chi connectivity index (χ3n) is 1.70. The summed E-state index contributed by atoms with van der Waals surface area (Å²) < 4.78 is 7.67. The maximum Gasteiger partial charge on any atom is 0.220 e. The van der Waals surface area contributed by atoms with Crippen LogP contribution < -0.4 is 5.73 Å². The first-order valence-electron chi connectivity index (χ1n) is 4.59. The van der Waals surface area contributed by atoms with Gasteiger partial charge in [-0.15, -0.1) is 5.10 Å². The van der Waals surface area contributed by atoms with Crippen LogP contribution >= 0.6 is 12.2 Å². The Morgan fingerprint density at radius 3 is 2.86 bits per heavy atom. The van der Waals surface area contributed by atoms with Gasteiger partial charge in [-0.05, 0) is 18.1 Å². The third kappa shape index (κ3) is 3.12. The summed E-state index contributed by atoms with van der Waals surface area (Å²) in [6.07, 6.45) is 0. The van der Waals surface area contributed by atoms with Crippen LogP contribution in [-0.4, -0.2) is 28.0 Å². The van der Waals surface area contributed by atoms with Crippen molar-refractivity contribution >= 4 is 18.2 Å². The zero-order valence-corrected chi connectivity index (χ0v) is 9.30. The van der Waals surface area contributed by atoms with E-state index in [4.69, 9.17) is 22.7 Å². The molecule has 1 aromatic rings. The van der Waals surface area contributed by atoms with Gasteiger partial charge in [0.15, 0.2) is 4.77 Å². The van der Waals surface area contributed by atoms with Crippen molar-refractivity contribution in [2.75, 3.05) is 18.9 Å². The molecule has 0 amide bonds. The quantitative estimate of drug-likeness (QED) is 0.573. The Bertz CT molecular complexity index is 330. The minimum absolute atomic E-state index is 0.406. The van der Waals surface area contributed by atoms with Gasteiger partial charge in [0, 0.05) is 6.61 Å². The number of hydrogen-bond acceptors (Lipinski definition) is 4. The molecule has 14 heavy (non-hydrogen) atoms. The molecule has 0 aliphatic heterocycles. The highest BCUT2D eigenvalue weighted by atomic mass is 32.1. The molecule has 0 aliphatic rings. The molecule has 0 aromatic carbocycles. The van der Waals surface area contributed by atoms with Gasteiger partial charge in [-0.1, -0.05) is 13.8 Å². The van der Waals surface area contributed by atoms with Crippen LogP contribution in [-0.2, 0) is 11.3 Å². The molecule has 0 radical (unpaired) electrons. The van der Waals surface area contributed by atoms with E-state index in [2.05, 4.69) is 24.0 Å². The average Bonchev–Trinajstić information content (AvgIpc) is 2.42. The molecule has 0 unspecified atom stereocenters. The standard InChI is InChI=1S/C8H16N4OS/c1-6(2)5-13-4-3-12-7(9)10-11-8(12)14/h6H,3-5H2,1-2H3,(H2,9,10)(H,11,14). The zero-order valence-electron chi connectivity index (χ0n) is 8.49. The summed E-state index contributed by atoms with van der Waals surface area (Å²) in [7, 11) is 0. The number of hydrogen-bond donors (Lipinski definition) is 2. The molecule has 1 rings (SSSR count). The molecule has 1 aromatic heterocycles. The molecule has 6 heteroatoms. The Labute approximate surface area is 88.3 Å². The second-order valence-electron chi connectivity index (χ2n) is 3.51. The van der Waals surface area contributed by atoms with Crippen molar-refractivity contribution < 1.29 is 4.74 Å². The van der Waals surface area contributed by atoms with E-state index < -0.39 is 0 Å². The van der Waals surface area contributed by atoms with Gasteiger partial charge in [-0.25, -0.2) is 5.10 Å². The molecule has 0 spiro atoms. The highest BCUT2D eigenvalue weighted by Gasteiger charge is 2.01. The lowest BCUT2D eigenvalue weighted by molar-refractivity contribution is 0.103. The third-order valence-corrected chi connectivity index (χ3v) is 2.01. The SMILES string of the molecule is CC(C)COCCn1c(N)n[nH]c1=S. The molecule has 0 saturated heterocycles. The fraction of sp³-hybridized carbons (Fsp3) is 0.750. The fourth-order valence-corrected chi connectivity index (χ4v) is 1.25. The first kappa shape index (κ1) is 11.2. The summed E-state index contributed by atoms with van der Waals surface area (Å²) in [6.45, 7) is 6.23. The Hall–Kier alpha value is -0.880. The van der Waals surface area contributed by atoms with E-state index >= 15 is 0 Å². The molecule has 0 fully saturated rings. The van der Waals surface area contributed by atoms with Gasteiger partial charge >= 0.3 is 0 Å². The van der Waals surface area contributed by atoms with Crippen LogP contribution in [0.1, 0.15) is 13.8 Å². The van der Waals surface area contributed by atoms with Crippen molar-refractivity contribution in [3.05, 3.63) is 4.77 Å². The van der Waals surface area contributed by atoms with Gasteiger partial charge in [-0.2, -0.15) is 0 Å². The van der Waals surface area contributed by atoms with Crippen LogP contribution in [0.5, 0.6) is 0 Å². The molecular weight excluding hydrogens is 200 g/mol. The van der Waals surface area contributed by atoms with E-state index in [1.54, 1.807) is 4.57 Å². The summed E-state index contributed by atoms with van der Waals surface area (Å²) in [5.74, 6) is 0.952. The van der Waals surface area contributed by atoms with Gasteiger partial charge in [0.05, 0.1) is 13.2 Å². The minimum Gasteiger partial charge on any atom is -0.379 e. The molecule has 80 valence electrons. The second-order valence-corrected chi connectivity index (χ2v) is 3.89. The monoisotopic (exact) mass is 216 g/mol. The molecular formula is C8H16N4OS. The van der Waals surface area contributed by atoms with Crippen LogP contribution in [0, 0.1) is 10.7 Å². The first-order chi connectivity index (χ1) is 6.61. The number of nitrogens with zero attached hydrogens (tertiary/aromatic N) is 2. The number of H-pyrrole nitrogens is 1. The number of nitrogen functional groups attached to an aromatic ring is 1. The molecule has 0 bridgehead atoms. The number of nitrogens with two attached hydrogens (primary N) is 1. The van der Waals surface area contributed by atoms with E-state index in [9.17, 15) is 0 Å². The minimum atomic E-state index is 0.406. The van der Waals surface area contributed by atoms with Crippen LogP contribution in [0.4, 0.5) is 5.95 Å². The summed E-state index contributed by atoms with van der Waals surface area (Å²) in [5, 5.41) is 6.42. The van der Waals surface area contributed by atoms with Crippen LogP contribution in [0.2, 0.25) is 0 Å². The highest BCUT2D eigenvalue weighted by Crippen LogP contribution is 1.99. The Morgan fingerprint density at radius 1 is 1.64 bits per heavy atom. The molecule has 0 saturated carbocycles. The number of ether oxygens (including phenoxy) is 1. The van der Waals surface area contributed by atoms with Crippen LogP contribution in [0.25, 0.3) is 0 Å². The van der Waals surface area contributed by atoms with E-state index in [1.807, 2.05) is 0 Å². The number of anilines is 1. The van der Waals surface area contributed by atoms with Crippen molar-refractivity contribution in [3.63, 3.8) is 0 Å². The van der Waals surface area contributed by atoms with Gasteiger partial charge < -0.3 is 10.5 Å². The van der Waals surface area contributed by atoms with Gasteiger partial charge in [0.2, 0.25) is 5.95 Å². The predicted molar refractivity (Wildman–Crippen MR) is 57.5 cm³/mol. The van der Waals surface area contributed by atoms with Crippen LogP contribution in [0.3, 0.4) is 0 Å². The first-order valence-corrected chi connectivity index (χ1v) is 5.00. The Kier molecular flexibility index (Phi) is 4.09. The zero-order chi connectivity index (χ0) is 10.6. The van der Waals surface area contributed by atoms with Crippen molar-refractivity contribution in [1.29, 1.82) is 0 Å². The lowest BCUT2D eigenvalue weighted by Gasteiger charge is -2.07. The summed E-state index contributed by atoms with van der Waals surface area (Å²) in [6, 6.07) is 0. The number of nitrogens with one attached hydrogen (secondary N) is 1. The lowest BCUT2D eigenvalue weighted by atomic mass is 10.2. The smallest absolute Gasteiger partial charge is 0.220 e. The summed E-state index contributed by atoms with van der Waals surface area (Å²) >= 11 is 4.98. The summed E-state index contributed by atoms with van der Waals surface area (Å²) in [5.41, 5.74) is 5.58. The predicted octanol–water partition coefficient (Wildman–Crippen LogP) is 1.20. The fourth-order valence-electron chi connectivity index (χ4n) is 1.02. The maximum absolute atomic E-state index is 5.58. The van der Waals surface area contributed by atoms with Crippen molar-refractivity contribution in [2.45, 2.75) is 20.4 Å². The van der Waals surface area contributed by atoms with Crippen molar-refractivity contribution in [3.8, 4) is 0 Å². The highest BCUT2D eigenvalue weighted by molar-refractivity contribution is 7.71. The maximum atomic E-state index is 5.58. The van der Waals surface area contributed by atoms with E-state index in [1.165, 1.54) is 0 Å². The molecule has 0 atom stereocenters. The number of aromatic nitrogens is 3. The summed E-state index contributed by atoms with van der Waals surface area (Å²) in [4.78, 5) is 0. The lowest BCUT2D eigenvalue weighted by Crippen LogP contribution is -2.11. The number of aromatic amines is 1. The molecule has 0 aliphatic carbocycles. The normalized spacial score (nSPS) is 11.1. The average molecular weight is 216 g/mol. The van der Waals surface area contributed by atoms with Crippen LogP contribution in [0.15, 0.2) is 0 Å².